The minimum Gasteiger partial charge on any atom is -0.467 e. The highest BCUT2D eigenvalue weighted by atomic mass is 32.2. The van der Waals surface area contributed by atoms with Gasteiger partial charge in [0.05, 0.1) is 24.9 Å². The molecule has 1 heterocycles. The quantitative estimate of drug-likeness (QED) is 0.499. The molecule has 0 bridgehead atoms. The summed E-state index contributed by atoms with van der Waals surface area (Å²) in [6.07, 6.45) is 0.259. The lowest BCUT2D eigenvalue weighted by Gasteiger charge is -2.31. The lowest BCUT2D eigenvalue weighted by Crippen LogP contribution is -2.58. The first kappa shape index (κ1) is 20.2. The van der Waals surface area contributed by atoms with Crippen LogP contribution in [0.15, 0.2) is 30.3 Å². The van der Waals surface area contributed by atoms with Crippen LogP contribution in [0.3, 0.4) is 0 Å². The van der Waals surface area contributed by atoms with Crippen LogP contribution in [-0.2, 0) is 19.1 Å². The van der Waals surface area contributed by atoms with Gasteiger partial charge in [-0.3, -0.25) is 14.9 Å². The van der Waals surface area contributed by atoms with Crippen LogP contribution in [0.2, 0.25) is 0 Å². The van der Waals surface area contributed by atoms with Crippen molar-refractivity contribution in [2.45, 2.75) is 42.7 Å². The van der Waals surface area contributed by atoms with Gasteiger partial charge in [-0.2, -0.15) is 0 Å². The Morgan fingerprint density at radius 1 is 1.38 bits per heavy atom. The summed E-state index contributed by atoms with van der Waals surface area (Å²) in [5.74, 6) is -1.02. The fourth-order valence-electron chi connectivity index (χ4n) is 2.56. The van der Waals surface area contributed by atoms with Gasteiger partial charge in [0, 0.05) is 0 Å². The maximum atomic E-state index is 12.7. The Balaban J connectivity index is 2.06. The van der Waals surface area contributed by atoms with Crippen LogP contribution in [0, 0.1) is 0 Å². The van der Waals surface area contributed by atoms with E-state index in [0.717, 1.165) is 0 Å². The molecule has 2 rings (SSSR count). The standard InChI is InChI=1S/C17H24N4O4S/c1-3-11(26-17-19-12(18)9-13(22)20-17)15(23)21-14(16(24)25-2)10-7-5-4-6-8-10/h4-8,11-12,14,17,19H,3,9,18H2,1-2H3,(H,20,22)(H,21,23). The SMILES string of the molecule is CCC(SC1NC(=O)CC(N)N1)C(=O)NC(C(=O)OC)c1ccccc1. The molecular weight excluding hydrogens is 356 g/mol. The second-order valence-electron chi connectivity index (χ2n) is 5.83. The number of methoxy groups -OCH3 is 1. The molecule has 4 atom stereocenters. The van der Waals surface area contributed by atoms with Crippen LogP contribution < -0.4 is 21.7 Å². The summed E-state index contributed by atoms with van der Waals surface area (Å²) < 4.78 is 4.81. The van der Waals surface area contributed by atoms with Gasteiger partial charge in [0.1, 0.15) is 5.50 Å². The summed E-state index contributed by atoms with van der Waals surface area (Å²) in [7, 11) is 1.28. The zero-order valence-corrected chi connectivity index (χ0v) is 15.5. The van der Waals surface area contributed by atoms with E-state index in [2.05, 4.69) is 16.0 Å². The van der Waals surface area contributed by atoms with E-state index in [-0.39, 0.29) is 18.2 Å². The number of benzene rings is 1. The van der Waals surface area contributed by atoms with E-state index in [4.69, 9.17) is 10.5 Å². The monoisotopic (exact) mass is 380 g/mol. The average Bonchev–Trinajstić information content (AvgIpc) is 2.63. The first-order chi connectivity index (χ1) is 12.4. The summed E-state index contributed by atoms with van der Waals surface area (Å²) >= 11 is 1.25. The summed E-state index contributed by atoms with van der Waals surface area (Å²) in [4.78, 5) is 36.4. The summed E-state index contributed by atoms with van der Waals surface area (Å²) in [6.45, 7) is 1.86. The van der Waals surface area contributed by atoms with Crippen LogP contribution >= 0.6 is 11.8 Å². The van der Waals surface area contributed by atoms with Crippen LogP contribution in [0.4, 0.5) is 0 Å². The predicted molar refractivity (Wildman–Crippen MR) is 98.7 cm³/mol. The highest BCUT2D eigenvalue weighted by molar-refractivity contribution is 8.01. The Morgan fingerprint density at radius 3 is 2.65 bits per heavy atom. The number of rotatable bonds is 7. The van der Waals surface area contributed by atoms with Crippen LogP contribution in [-0.4, -0.2) is 41.8 Å². The molecule has 0 radical (unpaired) electrons. The fraction of sp³-hybridized carbons (Fsp3) is 0.471. The molecule has 1 fully saturated rings. The molecule has 0 spiro atoms. The van der Waals surface area contributed by atoms with Gasteiger partial charge >= 0.3 is 5.97 Å². The first-order valence-corrected chi connectivity index (χ1v) is 9.28. The van der Waals surface area contributed by atoms with Gasteiger partial charge in [-0.15, -0.1) is 11.8 Å². The molecule has 142 valence electrons. The zero-order chi connectivity index (χ0) is 19.1. The minimum absolute atomic E-state index is 0.166. The Kier molecular flexibility index (Phi) is 7.43. The molecule has 0 aliphatic carbocycles. The number of hydrogen-bond donors (Lipinski definition) is 4. The molecule has 2 amide bonds. The van der Waals surface area contributed by atoms with Gasteiger partial charge in [-0.25, -0.2) is 4.79 Å². The maximum absolute atomic E-state index is 12.7. The molecule has 1 aromatic carbocycles. The van der Waals surface area contributed by atoms with E-state index in [1.165, 1.54) is 18.9 Å². The van der Waals surface area contributed by atoms with Crippen molar-refractivity contribution in [3.05, 3.63) is 35.9 Å². The van der Waals surface area contributed by atoms with Gasteiger partial charge in [-0.05, 0) is 12.0 Å². The van der Waals surface area contributed by atoms with E-state index in [9.17, 15) is 14.4 Å². The molecular formula is C17H24N4O4S. The minimum atomic E-state index is -0.889. The van der Waals surface area contributed by atoms with Gasteiger partial charge in [-0.1, -0.05) is 37.3 Å². The van der Waals surface area contributed by atoms with Gasteiger partial charge < -0.3 is 21.1 Å². The fourth-order valence-corrected chi connectivity index (χ4v) is 3.72. The van der Waals surface area contributed by atoms with Crippen molar-refractivity contribution in [2.75, 3.05) is 7.11 Å². The van der Waals surface area contributed by atoms with Crippen molar-refractivity contribution in [3.63, 3.8) is 0 Å². The van der Waals surface area contributed by atoms with E-state index in [0.29, 0.717) is 12.0 Å². The van der Waals surface area contributed by atoms with Crippen LogP contribution in [0.5, 0.6) is 0 Å². The second kappa shape index (κ2) is 9.56. The Bertz CT molecular complexity index is 643. The number of esters is 1. The van der Waals surface area contributed by atoms with Gasteiger partial charge in [0.15, 0.2) is 6.04 Å². The summed E-state index contributed by atoms with van der Waals surface area (Å²) in [5.41, 5.74) is 5.95. The van der Waals surface area contributed by atoms with E-state index in [1.807, 2.05) is 13.0 Å². The lowest BCUT2D eigenvalue weighted by molar-refractivity contribution is -0.145. The molecule has 0 aromatic heterocycles. The average molecular weight is 380 g/mol. The number of thioether (sulfide) groups is 1. The summed E-state index contributed by atoms with van der Waals surface area (Å²) in [5, 5.41) is 8.03. The molecule has 1 aromatic rings. The van der Waals surface area contributed by atoms with Crippen molar-refractivity contribution in [2.24, 2.45) is 5.73 Å². The molecule has 1 aliphatic heterocycles. The molecule has 8 nitrogen and oxygen atoms in total. The Morgan fingerprint density at radius 2 is 2.08 bits per heavy atom. The summed E-state index contributed by atoms with van der Waals surface area (Å²) in [6, 6.07) is 8.00. The molecule has 1 aliphatic rings. The zero-order valence-electron chi connectivity index (χ0n) is 14.7. The van der Waals surface area contributed by atoms with Crippen molar-refractivity contribution in [3.8, 4) is 0 Å². The molecule has 9 heteroatoms. The third-order valence-corrected chi connectivity index (χ3v) is 5.28. The number of hydrogen-bond acceptors (Lipinski definition) is 7. The Hall–Kier alpha value is -2.10. The van der Waals surface area contributed by atoms with Crippen LogP contribution in [0.1, 0.15) is 31.4 Å². The number of carbonyl (C=O) groups excluding carboxylic acids is 3. The van der Waals surface area contributed by atoms with E-state index < -0.39 is 28.9 Å². The topological polar surface area (TPSA) is 123 Å². The van der Waals surface area contributed by atoms with Crippen molar-refractivity contribution in [1.29, 1.82) is 0 Å². The van der Waals surface area contributed by atoms with Crippen LogP contribution in [0.25, 0.3) is 0 Å². The second-order valence-corrected chi connectivity index (χ2v) is 7.15. The largest absolute Gasteiger partial charge is 0.467 e. The lowest BCUT2D eigenvalue weighted by atomic mass is 10.1. The first-order valence-electron chi connectivity index (χ1n) is 8.34. The van der Waals surface area contributed by atoms with Crippen molar-refractivity contribution in [1.82, 2.24) is 16.0 Å². The normalized spacial score (nSPS) is 22.0. The molecule has 5 N–H and O–H groups in total. The van der Waals surface area contributed by atoms with E-state index >= 15 is 0 Å². The van der Waals surface area contributed by atoms with Gasteiger partial charge in [0.2, 0.25) is 11.8 Å². The molecule has 1 saturated heterocycles. The molecule has 26 heavy (non-hydrogen) atoms. The third kappa shape index (κ3) is 5.45. The highest BCUT2D eigenvalue weighted by Crippen LogP contribution is 2.22. The maximum Gasteiger partial charge on any atom is 0.333 e. The smallest absolute Gasteiger partial charge is 0.333 e. The number of nitrogens with one attached hydrogen (secondary N) is 3. The number of carbonyl (C=O) groups is 3. The number of nitrogens with two attached hydrogens (primary N) is 1. The van der Waals surface area contributed by atoms with Crippen molar-refractivity contribution < 1.29 is 19.1 Å². The highest BCUT2D eigenvalue weighted by Gasteiger charge is 2.31. The molecule has 4 unspecified atom stereocenters. The number of amides is 2. The molecule has 0 saturated carbocycles. The van der Waals surface area contributed by atoms with E-state index in [1.54, 1.807) is 24.3 Å². The number of ether oxygens (including phenoxy) is 1. The Labute approximate surface area is 156 Å². The van der Waals surface area contributed by atoms with Crippen molar-refractivity contribution >= 4 is 29.5 Å². The van der Waals surface area contributed by atoms with Gasteiger partial charge in [0.25, 0.3) is 0 Å². The predicted octanol–water partition coefficient (Wildman–Crippen LogP) is 0.207. The third-order valence-electron chi connectivity index (χ3n) is 3.88.